The summed E-state index contributed by atoms with van der Waals surface area (Å²) in [7, 11) is 0. The molecule has 0 saturated heterocycles. The average molecular weight is 184 g/mol. The molecule has 3 nitrogen and oxygen atoms in total. The Morgan fingerprint density at radius 3 is 2.54 bits per heavy atom. The number of hydrogen-bond acceptors (Lipinski definition) is 3. The van der Waals surface area contributed by atoms with E-state index in [2.05, 4.69) is 4.74 Å². The largest absolute Gasteiger partial charge is 0.493 e. The highest BCUT2D eigenvalue weighted by atomic mass is 19.0. The maximum atomic E-state index is 11.1. The van der Waals surface area contributed by atoms with Crippen molar-refractivity contribution in [2.75, 3.05) is 0 Å². The Morgan fingerprint density at radius 1 is 1.15 bits per heavy atom. The van der Waals surface area contributed by atoms with E-state index in [9.17, 15) is 4.79 Å². The maximum Gasteiger partial charge on any atom is 0.321 e. The number of hydrogen-bond donors (Lipinski definition) is 0. The van der Waals surface area contributed by atoms with Gasteiger partial charge in [0.15, 0.2) is 0 Å². The second-order valence-electron chi connectivity index (χ2n) is 2.61. The molecule has 2 aliphatic heterocycles. The van der Waals surface area contributed by atoms with Crippen LogP contribution in [-0.2, 0) is 14.3 Å². The Hall–Kier alpha value is -1.58. The second-order valence-corrected chi connectivity index (χ2v) is 2.61. The molecule has 0 fully saturated rings. The van der Waals surface area contributed by atoms with Crippen LogP contribution < -0.4 is 0 Å². The highest BCUT2D eigenvalue weighted by Gasteiger charge is 2.30. The van der Waals surface area contributed by atoms with E-state index < -0.39 is 0 Å². The van der Waals surface area contributed by atoms with Gasteiger partial charge in [0.05, 0.1) is 12.5 Å². The highest BCUT2D eigenvalue weighted by molar-refractivity contribution is 5.78. The van der Waals surface area contributed by atoms with Gasteiger partial charge in [-0.25, -0.2) is 0 Å². The first-order valence-electron chi connectivity index (χ1n) is 3.74. The predicted octanol–water partition coefficient (Wildman–Crippen LogP) is 1.29. The molecular formula is C9H9FO3. The Bertz CT molecular complexity index is 281. The molecule has 2 unspecified atom stereocenters. The monoisotopic (exact) mass is 184 g/mol. The first-order chi connectivity index (χ1) is 5.88. The fraction of sp³-hybridized carbons (Fsp3) is 0.222. The molecule has 70 valence electrons. The molecule has 0 radical (unpaired) electrons. The summed E-state index contributed by atoms with van der Waals surface area (Å²) in [5, 5.41) is 0. The summed E-state index contributed by atoms with van der Waals surface area (Å²) in [6.07, 6.45) is 9.94. The number of carbonyl (C=O) groups excluding carboxylic acids is 1. The molecule has 4 heteroatoms. The molecule has 0 bridgehead atoms. The molecule has 13 heavy (non-hydrogen) atoms. The molecule has 0 aromatic carbocycles. The van der Waals surface area contributed by atoms with Crippen molar-refractivity contribution in [3.8, 4) is 0 Å². The van der Waals surface area contributed by atoms with Gasteiger partial charge in [-0.3, -0.25) is 9.50 Å². The van der Waals surface area contributed by atoms with Crippen LogP contribution in [0.2, 0.25) is 0 Å². The van der Waals surface area contributed by atoms with E-state index in [4.69, 9.17) is 4.74 Å². The lowest BCUT2D eigenvalue weighted by atomic mass is 10.0. The zero-order chi connectivity index (χ0) is 8.39. The molecule has 0 aliphatic carbocycles. The maximum absolute atomic E-state index is 11.1. The van der Waals surface area contributed by atoms with Gasteiger partial charge in [-0.15, -0.1) is 0 Å². The molecule has 0 spiro atoms. The second kappa shape index (κ2) is 3.89. The van der Waals surface area contributed by atoms with Crippen LogP contribution in [0.4, 0.5) is 4.70 Å². The summed E-state index contributed by atoms with van der Waals surface area (Å²) in [5.41, 5.74) is 0. The van der Waals surface area contributed by atoms with Crippen molar-refractivity contribution >= 4 is 5.97 Å². The van der Waals surface area contributed by atoms with Crippen LogP contribution in [0.15, 0.2) is 36.8 Å². The summed E-state index contributed by atoms with van der Waals surface area (Å²) < 4.78 is 9.87. The van der Waals surface area contributed by atoms with Crippen LogP contribution >= 0.6 is 0 Å². The molecular weight excluding hydrogens is 175 g/mol. The first kappa shape index (κ1) is 9.51. The smallest absolute Gasteiger partial charge is 0.321 e. The van der Waals surface area contributed by atoms with Gasteiger partial charge in [0.1, 0.15) is 12.0 Å². The van der Waals surface area contributed by atoms with E-state index in [0.29, 0.717) is 0 Å². The number of esters is 1. The van der Waals surface area contributed by atoms with Crippen LogP contribution in [0, 0.1) is 5.92 Å². The van der Waals surface area contributed by atoms with Crippen molar-refractivity contribution in [3.63, 3.8) is 0 Å². The molecule has 2 aliphatic rings. The lowest BCUT2D eigenvalue weighted by molar-refractivity contribution is -0.141. The molecule has 0 amide bonds. The van der Waals surface area contributed by atoms with E-state index in [1.807, 2.05) is 12.2 Å². The van der Waals surface area contributed by atoms with Gasteiger partial charge in [-0.05, 0) is 18.2 Å². The van der Waals surface area contributed by atoms with Gasteiger partial charge in [0, 0.05) is 0 Å². The highest BCUT2D eigenvalue weighted by Crippen LogP contribution is 2.20. The molecule has 0 saturated carbocycles. The number of ether oxygens (including phenoxy) is 2. The lowest BCUT2D eigenvalue weighted by Gasteiger charge is -2.17. The van der Waals surface area contributed by atoms with Gasteiger partial charge < -0.3 is 9.47 Å². The number of halogens is 1. The third-order valence-electron chi connectivity index (χ3n) is 1.82. The minimum atomic E-state index is -0.286. The van der Waals surface area contributed by atoms with Crippen molar-refractivity contribution in [1.82, 2.24) is 0 Å². The average Bonchev–Trinajstić information content (AvgIpc) is 2.53. The Morgan fingerprint density at radius 2 is 2.00 bits per heavy atom. The molecule has 0 aromatic heterocycles. The van der Waals surface area contributed by atoms with Gasteiger partial charge in [-0.1, -0.05) is 6.08 Å². The van der Waals surface area contributed by atoms with E-state index in [1.54, 1.807) is 18.4 Å². The number of carbonyl (C=O) groups is 1. The summed E-state index contributed by atoms with van der Waals surface area (Å²) in [4.78, 5) is 11.1. The van der Waals surface area contributed by atoms with E-state index in [0.717, 1.165) is 0 Å². The van der Waals surface area contributed by atoms with Gasteiger partial charge in [-0.2, -0.15) is 0 Å². The first-order valence-corrected chi connectivity index (χ1v) is 3.74. The Balaban J connectivity index is 0.000000845. The molecule has 2 atom stereocenters. The van der Waals surface area contributed by atoms with Crippen molar-refractivity contribution in [1.29, 1.82) is 0 Å². The quantitative estimate of drug-likeness (QED) is 0.576. The normalized spacial score (nSPS) is 29.4. The van der Waals surface area contributed by atoms with Gasteiger partial charge in [0.2, 0.25) is 0 Å². The zero-order valence-electron chi connectivity index (χ0n) is 6.75. The number of allylic oxidation sites excluding steroid dienone is 2. The van der Waals surface area contributed by atoms with Crippen LogP contribution in [0.5, 0.6) is 0 Å². The molecule has 2 rings (SSSR count). The van der Waals surface area contributed by atoms with Crippen molar-refractivity contribution < 1.29 is 19.0 Å². The van der Waals surface area contributed by atoms with Gasteiger partial charge in [0.25, 0.3) is 0 Å². The van der Waals surface area contributed by atoms with Crippen LogP contribution in [-0.4, -0.2) is 12.1 Å². The summed E-state index contributed by atoms with van der Waals surface area (Å²) in [6.45, 7) is 0. The molecule has 0 aromatic rings. The number of cyclic esters (lactones) is 1. The SMILES string of the molecule is F.O=C1OC=CC1C1C=CC=CO1. The van der Waals surface area contributed by atoms with Crippen molar-refractivity contribution in [2.45, 2.75) is 6.10 Å². The van der Waals surface area contributed by atoms with E-state index in [-0.39, 0.29) is 22.7 Å². The summed E-state index contributed by atoms with van der Waals surface area (Å²) in [6, 6.07) is 0. The van der Waals surface area contributed by atoms with Crippen LogP contribution in [0.25, 0.3) is 0 Å². The third kappa shape index (κ3) is 1.77. The van der Waals surface area contributed by atoms with Crippen LogP contribution in [0.1, 0.15) is 0 Å². The van der Waals surface area contributed by atoms with E-state index >= 15 is 0 Å². The molecule has 2 heterocycles. The summed E-state index contributed by atoms with van der Waals surface area (Å²) in [5.74, 6) is -0.536. The fourth-order valence-electron chi connectivity index (χ4n) is 1.20. The van der Waals surface area contributed by atoms with Crippen LogP contribution in [0.3, 0.4) is 0 Å². The van der Waals surface area contributed by atoms with E-state index in [1.165, 1.54) is 6.26 Å². The standard InChI is InChI=1S/C9H8O3.FH/c10-9-7(4-6-12-9)8-3-1-2-5-11-8;/h1-8H;1H. The van der Waals surface area contributed by atoms with Gasteiger partial charge >= 0.3 is 5.97 Å². The van der Waals surface area contributed by atoms with Crippen molar-refractivity contribution in [2.24, 2.45) is 5.92 Å². The Kier molecular flexibility index (Phi) is 2.84. The molecule has 0 N–H and O–H groups in total. The predicted molar refractivity (Wildman–Crippen MR) is 44.4 cm³/mol. The third-order valence-corrected chi connectivity index (χ3v) is 1.82. The zero-order valence-corrected chi connectivity index (χ0v) is 6.75. The number of rotatable bonds is 1. The topological polar surface area (TPSA) is 35.5 Å². The minimum Gasteiger partial charge on any atom is -0.493 e. The fourth-order valence-corrected chi connectivity index (χ4v) is 1.20. The van der Waals surface area contributed by atoms with Crippen molar-refractivity contribution in [3.05, 3.63) is 36.8 Å². The summed E-state index contributed by atoms with van der Waals surface area (Å²) >= 11 is 0. The minimum absolute atomic E-state index is 0. The Labute approximate surface area is 74.7 Å². The lowest BCUT2D eigenvalue weighted by Crippen LogP contribution is -2.24.